The average molecular weight is 314 g/mol. The molecule has 1 heterocycles. The zero-order chi connectivity index (χ0) is 15.1. The van der Waals surface area contributed by atoms with Gasteiger partial charge in [-0.3, -0.25) is 10.1 Å². The summed E-state index contributed by atoms with van der Waals surface area (Å²) in [4.78, 5) is 9.95. The van der Waals surface area contributed by atoms with Gasteiger partial charge in [0.05, 0.1) is 16.6 Å². The van der Waals surface area contributed by atoms with Crippen molar-refractivity contribution < 1.29 is 22.3 Å². The first-order chi connectivity index (χ1) is 9.90. The summed E-state index contributed by atoms with van der Waals surface area (Å²) < 4.78 is 36.6. The van der Waals surface area contributed by atoms with Gasteiger partial charge in [0.15, 0.2) is 0 Å². The van der Waals surface area contributed by atoms with Gasteiger partial charge in [0.2, 0.25) is 0 Å². The van der Waals surface area contributed by atoms with Crippen LogP contribution in [0, 0.1) is 10.1 Å². The van der Waals surface area contributed by atoms with E-state index in [0.717, 1.165) is 12.8 Å². The van der Waals surface area contributed by atoms with Crippen molar-refractivity contribution in [2.24, 2.45) is 0 Å². The molecule has 1 N–H and O–H groups in total. The highest BCUT2D eigenvalue weighted by atomic mass is 32.2. The number of nitrogens with one attached hydrogen (secondary N) is 1. The third-order valence-corrected chi connectivity index (χ3v) is 4.68. The summed E-state index contributed by atoms with van der Waals surface area (Å²) in [7, 11) is -3.97. The lowest BCUT2D eigenvalue weighted by atomic mass is 10.2. The first-order valence-electron chi connectivity index (χ1n) is 6.50. The van der Waals surface area contributed by atoms with Crippen LogP contribution in [-0.2, 0) is 15.0 Å². The van der Waals surface area contributed by atoms with Crippen LogP contribution in [0.2, 0.25) is 0 Å². The zero-order valence-corrected chi connectivity index (χ0v) is 11.8. The van der Waals surface area contributed by atoms with Gasteiger partial charge < -0.3 is 8.92 Å². The van der Waals surface area contributed by atoms with Crippen molar-refractivity contribution in [2.75, 3.05) is 6.61 Å². The summed E-state index contributed by atoms with van der Waals surface area (Å²) in [6.45, 7) is 0.654. The summed E-state index contributed by atoms with van der Waals surface area (Å²) in [6.07, 6.45) is 2.43. The molecule has 0 radical (unpaired) electrons. The van der Waals surface area contributed by atoms with E-state index >= 15 is 0 Å². The minimum absolute atomic E-state index is 0.0233. The molecule has 1 aromatic carbocycles. The molecule has 0 unspecified atom stereocenters. The van der Waals surface area contributed by atoms with Crippen LogP contribution in [0.4, 0.5) is 5.69 Å². The normalized spacial score (nSPS) is 27.7. The Balaban J connectivity index is 1.62. The van der Waals surface area contributed by atoms with Gasteiger partial charge in [-0.2, -0.15) is 13.1 Å². The SMILES string of the molecule is O=[N+]([O-])c1ccc(OS(=O)(=O)N[C@@H]2C[C@]23CCCO3)cc1. The second-order valence-electron chi connectivity index (χ2n) is 5.18. The summed E-state index contributed by atoms with van der Waals surface area (Å²) in [6, 6.07) is 4.59. The molecule has 114 valence electrons. The second-order valence-corrected chi connectivity index (χ2v) is 6.49. The van der Waals surface area contributed by atoms with Gasteiger partial charge in [0.25, 0.3) is 5.69 Å². The fourth-order valence-electron chi connectivity index (χ4n) is 2.54. The molecule has 0 bridgehead atoms. The summed E-state index contributed by atoms with van der Waals surface area (Å²) in [5.74, 6) is 0.0233. The zero-order valence-electron chi connectivity index (χ0n) is 11.0. The van der Waals surface area contributed by atoms with E-state index in [1.165, 1.54) is 24.3 Å². The molecule has 0 amide bonds. The Morgan fingerprint density at radius 1 is 1.38 bits per heavy atom. The number of nitro benzene ring substituents is 1. The van der Waals surface area contributed by atoms with Gasteiger partial charge in [-0.1, -0.05) is 0 Å². The number of nitrogens with zero attached hydrogens (tertiary/aromatic N) is 1. The van der Waals surface area contributed by atoms with Gasteiger partial charge in [-0.15, -0.1) is 0 Å². The van der Waals surface area contributed by atoms with Gasteiger partial charge in [-0.25, -0.2) is 0 Å². The van der Waals surface area contributed by atoms with Crippen LogP contribution in [-0.4, -0.2) is 31.6 Å². The summed E-state index contributed by atoms with van der Waals surface area (Å²) in [5.41, 5.74) is -0.487. The van der Waals surface area contributed by atoms with Gasteiger partial charge >= 0.3 is 10.3 Å². The molecule has 3 rings (SSSR count). The fourth-order valence-corrected chi connectivity index (χ4v) is 3.60. The van der Waals surface area contributed by atoms with Crippen molar-refractivity contribution in [2.45, 2.75) is 30.9 Å². The Labute approximate surface area is 121 Å². The van der Waals surface area contributed by atoms with Crippen molar-refractivity contribution in [3.63, 3.8) is 0 Å². The molecule has 1 aliphatic heterocycles. The largest absolute Gasteiger partial charge is 0.382 e. The standard InChI is InChI=1S/C12H14N2O6S/c15-14(16)9-2-4-10(5-3-9)20-21(17,18)13-11-8-12(11)6-1-7-19-12/h2-5,11,13H,1,6-8H2/t11-,12-/m1/s1. The fraction of sp³-hybridized carbons (Fsp3) is 0.500. The predicted octanol–water partition coefficient (Wildman–Crippen LogP) is 1.13. The Morgan fingerprint density at radius 2 is 2.10 bits per heavy atom. The number of ether oxygens (including phenoxy) is 1. The minimum Gasteiger partial charge on any atom is -0.373 e. The second kappa shape index (κ2) is 4.93. The van der Waals surface area contributed by atoms with E-state index in [-0.39, 0.29) is 23.1 Å². The van der Waals surface area contributed by atoms with E-state index in [4.69, 9.17) is 8.92 Å². The molecule has 2 aliphatic rings. The molecule has 0 aromatic heterocycles. The van der Waals surface area contributed by atoms with Crippen molar-refractivity contribution in [1.82, 2.24) is 4.72 Å². The molecule has 1 aromatic rings. The van der Waals surface area contributed by atoms with Crippen LogP contribution in [0.15, 0.2) is 24.3 Å². The lowest BCUT2D eigenvalue weighted by Crippen LogP contribution is -2.34. The number of rotatable bonds is 5. The highest BCUT2D eigenvalue weighted by Gasteiger charge is 2.59. The summed E-state index contributed by atoms with van der Waals surface area (Å²) in [5, 5.41) is 10.5. The molecule has 8 nitrogen and oxygen atoms in total. The maximum Gasteiger partial charge on any atom is 0.382 e. The molecule has 2 atom stereocenters. The molecule has 9 heteroatoms. The van der Waals surface area contributed by atoms with Gasteiger partial charge in [-0.05, 0) is 31.4 Å². The van der Waals surface area contributed by atoms with Gasteiger partial charge in [0, 0.05) is 18.7 Å². The molecule has 1 saturated heterocycles. The highest BCUT2D eigenvalue weighted by Crippen LogP contribution is 2.47. The van der Waals surface area contributed by atoms with E-state index in [2.05, 4.69) is 4.72 Å². The molecule has 2 fully saturated rings. The Bertz CT molecular complexity index is 651. The van der Waals surface area contributed by atoms with E-state index in [1.54, 1.807) is 0 Å². The average Bonchev–Trinajstić information content (AvgIpc) is 2.83. The van der Waals surface area contributed by atoms with Crippen LogP contribution in [0.1, 0.15) is 19.3 Å². The van der Waals surface area contributed by atoms with Crippen molar-refractivity contribution in [3.8, 4) is 5.75 Å². The maximum absolute atomic E-state index is 11.9. The third-order valence-electron chi connectivity index (χ3n) is 3.70. The topological polar surface area (TPSA) is 108 Å². The Hall–Kier alpha value is -1.71. The molecule has 1 saturated carbocycles. The van der Waals surface area contributed by atoms with Crippen LogP contribution in [0.25, 0.3) is 0 Å². The molecule has 1 aliphatic carbocycles. The van der Waals surface area contributed by atoms with E-state index in [9.17, 15) is 18.5 Å². The van der Waals surface area contributed by atoms with E-state index in [1.807, 2.05) is 0 Å². The van der Waals surface area contributed by atoms with Crippen molar-refractivity contribution in [3.05, 3.63) is 34.4 Å². The quantitative estimate of drug-likeness (QED) is 0.644. The first kappa shape index (κ1) is 14.2. The van der Waals surface area contributed by atoms with Crippen LogP contribution in [0.3, 0.4) is 0 Å². The predicted molar refractivity (Wildman–Crippen MR) is 72.1 cm³/mol. The molecular weight excluding hydrogens is 300 g/mol. The van der Waals surface area contributed by atoms with Gasteiger partial charge in [0.1, 0.15) is 5.75 Å². The molecular formula is C12H14N2O6S. The summed E-state index contributed by atoms with van der Waals surface area (Å²) >= 11 is 0. The monoisotopic (exact) mass is 314 g/mol. The van der Waals surface area contributed by atoms with E-state index in [0.29, 0.717) is 13.0 Å². The molecule has 21 heavy (non-hydrogen) atoms. The molecule has 1 spiro atoms. The van der Waals surface area contributed by atoms with E-state index < -0.39 is 15.2 Å². The van der Waals surface area contributed by atoms with Crippen molar-refractivity contribution >= 4 is 16.0 Å². The van der Waals surface area contributed by atoms with Crippen LogP contribution >= 0.6 is 0 Å². The third kappa shape index (κ3) is 2.99. The van der Waals surface area contributed by atoms with Crippen molar-refractivity contribution in [1.29, 1.82) is 0 Å². The van der Waals surface area contributed by atoms with Crippen LogP contribution < -0.4 is 8.91 Å². The number of non-ortho nitro benzene ring substituents is 1. The Morgan fingerprint density at radius 3 is 2.67 bits per heavy atom. The lowest BCUT2D eigenvalue weighted by molar-refractivity contribution is -0.384. The number of benzene rings is 1. The lowest BCUT2D eigenvalue weighted by Gasteiger charge is -2.11. The smallest absolute Gasteiger partial charge is 0.373 e. The first-order valence-corrected chi connectivity index (χ1v) is 7.91. The minimum atomic E-state index is -3.97. The Kier molecular flexibility index (Phi) is 3.34. The number of hydrogen-bond donors (Lipinski definition) is 1. The number of hydrogen-bond acceptors (Lipinski definition) is 6. The highest BCUT2D eigenvalue weighted by molar-refractivity contribution is 7.85. The van der Waals surface area contributed by atoms with Crippen LogP contribution in [0.5, 0.6) is 5.75 Å². The number of nitro groups is 1. The maximum atomic E-state index is 11.9.